The molecule has 0 saturated carbocycles. The van der Waals surface area contributed by atoms with Crippen molar-refractivity contribution in [2.45, 2.75) is 38.8 Å². The van der Waals surface area contributed by atoms with Crippen molar-refractivity contribution >= 4 is 11.6 Å². The van der Waals surface area contributed by atoms with Crippen molar-refractivity contribution in [3.05, 3.63) is 57.0 Å². The summed E-state index contributed by atoms with van der Waals surface area (Å²) in [6.07, 6.45) is 1.44. The van der Waals surface area contributed by atoms with Crippen molar-refractivity contribution in [3.63, 3.8) is 0 Å². The first-order valence-electron chi connectivity index (χ1n) is 8.48. The number of aromatic nitrogens is 2. The lowest BCUT2D eigenvalue weighted by atomic mass is 10.1. The Morgan fingerprint density at radius 3 is 2.37 bits per heavy atom. The lowest BCUT2D eigenvalue weighted by Crippen LogP contribution is -2.49. The summed E-state index contributed by atoms with van der Waals surface area (Å²) in [6.45, 7) is 6.38. The van der Waals surface area contributed by atoms with Gasteiger partial charge in [0.05, 0.1) is 18.3 Å². The number of rotatable bonds is 7. The van der Waals surface area contributed by atoms with Crippen LogP contribution in [0.2, 0.25) is 5.02 Å². The van der Waals surface area contributed by atoms with Gasteiger partial charge in [0.2, 0.25) is 0 Å². The molecule has 0 atom stereocenters. The van der Waals surface area contributed by atoms with E-state index in [0.29, 0.717) is 12.1 Å². The molecule has 1 aromatic heterocycles. The van der Waals surface area contributed by atoms with Crippen LogP contribution in [0.3, 0.4) is 0 Å². The number of hydrogen-bond acceptors (Lipinski definition) is 7. The average Bonchev–Trinajstić information content (AvgIpc) is 2.60. The van der Waals surface area contributed by atoms with Gasteiger partial charge < -0.3 is 15.2 Å². The van der Waals surface area contributed by atoms with E-state index in [1.165, 1.54) is 10.9 Å². The van der Waals surface area contributed by atoms with Crippen molar-refractivity contribution in [1.29, 1.82) is 0 Å². The number of hydrogen-bond donors (Lipinski definition) is 3. The third-order valence-corrected chi connectivity index (χ3v) is 4.13. The maximum atomic E-state index is 12.3. The van der Waals surface area contributed by atoms with Crippen molar-refractivity contribution in [3.8, 4) is 5.75 Å². The first-order chi connectivity index (χ1) is 12.6. The van der Waals surface area contributed by atoms with Gasteiger partial charge in [-0.3, -0.25) is 16.3 Å². The lowest BCUT2D eigenvalue weighted by molar-refractivity contribution is -0.0377. The molecule has 0 aliphatic carbocycles. The van der Waals surface area contributed by atoms with E-state index in [1.807, 2.05) is 20.8 Å². The third kappa shape index (κ3) is 5.27. The molecule has 0 radical (unpaired) electrons. The molecule has 9 heteroatoms. The fraction of sp³-hybridized carbons (Fsp3) is 0.444. The van der Waals surface area contributed by atoms with E-state index < -0.39 is 16.9 Å². The lowest BCUT2D eigenvalue weighted by Gasteiger charge is -2.25. The monoisotopic (exact) mass is 395 g/mol. The normalized spacial score (nSPS) is 12.3. The molecule has 8 nitrogen and oxygen atoms in total. The van der Waals surface area contributed by atoms with Gasteiger partial charge in [0.25, 0.3) is 5.56 Å². The highest BCUT2D eigenvalue weighted by Crippen LogP contribution is 2.22. The summed E-state index contributed by atoms with van der Waals surface area (Å²) in [4.78, 5) is 12.3. The predicted molar refractivity (Wildman–Crippen MR) is 104 cm³/mol. The van der Waals surface area contributed by atoms with Crippen LogP contribution in [0.4, 0.5) is 0 Å². The Morgan fingerprint density at radius 2 is 1.81 bits per heavy atom. The molecule has 27 heavy (non-hydrogen) atoms. The van der Waals surface area contributed by atoms with Gasteiger partial charge in [0.15, 0.2) is 16.6 Å². The van der Waals surface area contributed by atoms with Crippen molar-refractivity contribution < 1.29 is 9.47 Å². The van der Waals surface area contributed by atoms with Crippen LogP contribution in [0, 0.1) is 0 Å². The molecule has 0 amide bonds. The van der Waals surface area contributed by atoms with Gasteiger partial charge in [0, 0.05) is 12.1 Å². The molecule has 0 bridgehead atoms. The van der Waals surface area contributed by atoms with Crippen LogP contribution in [0.15, 0.2) is 35.3 Å². The molecule has 0 spiro atoms. The molecule has 6 N–H and O–H groups in total. The second-order valence-corrected chi connectivity index (χ2v) is 7.50. The number of nitrogens with zero attached hydrogens (tertiary/aromatic N) is 2. The van der Waals surface area contributed by atoms with Crippen LogP contribution in [0.5, 0.6) is 5.75 Å². The molecule has 0 aliphatic heterocycles. The smallest absolute Gasteiger partial charge is 0.289 e. The van der Waals surface area contributed by atoms with Gasteiger partial charge in [-0.05, 0) is 26.3 Å². The van der Waals surface area contributed by atoms with Crippen LogP contribution in [-0.4, -0.2) is 22.9 Å². The summed E-state index contributed by atoms with van der Waals surface area (Å²) in [7, 11) is 0. The maximum absolute atomic E-state index is 12.3. The molecule has 2 rings (SSSR count). The summed E-state index contributed by atoms with van der Waals surface area (Å²) >= 11 is 6.15. The minimum absolute atomic E-state index is 0.00494. The second-order valence-electron chi connectivity index (χ2n) is 7.13. The molecule has 0 saturated heterocycles. The fourth-order valence-electron chi connectivity index (χ4n) is 2.33. The largest absolute Gasteiger partial charge is 0.485 e. The molecule has 0 fully saturated rings. The van der Waals surface area contributed by atoms with Crippen molar-refractivity contribution in [2.24, 2.45) is 17.2 Å². The molecule has 1 heterocycles. The summed E-state index contributed by atoms with van der Waals surface area (Å²) in [5, 5.41) is 4.13. The summed E-state index contributed by atoms with van der Waals surface area (Å²) in [5.41, 5.74) is 17.8. The summed E-state index contributed by atoms with van der Waals surface area (Å²) < 4.78 is 12.3. The van der Waals surface area contributed by atoms with Crippen LogP contribution < -0.4 is 27.5 Å². The topological polar surface area (TPSA) is 131 Å². The number of benzene rings is 1. The molecular formula is C18H26ClN5O3. The highest BCUT2D eigenvalue weighted by atomic mass is 35.5. The minimum Gasteiger partial charge on any atom is -0.485 e. The highest BCUT2D eigenvalue weighted by molar-refractivity contribution is 6.31. The maximum Gasteiger partial charge on any atom is 0.289 e. The molecule has 2 aromatic rings. The number of ether oxygens (including phenoxy) is 2. The Morgan fingerprint density at radius 1 is 1.19 bits per heavy atom. The van der Waals surface area contributed by atoms with Crippen LogP contribution >= 0.6 is 11.6 Å². The Labute approximate surface area is 163 Å². The number of halogens is 1. The zero-order chi connectivity index (χ0) is 20.2. The van der Waals surface area contributed by atoms with Gasteiger partial charge in [-0.1, -0.05) is 35.9 Å². The molecule has 1 aromatic carbocycles. The SMILES string of the molecule is CC(C)(C)n1ncc(OCc2ccc(C(N)(N)OCCN)cc2)c(Cl)c1=O. The Hall–Kier alpha value is -1.97. The summed E-state index contributed by atoms with van der Waals surface area (Å²) in [6, 6.07) is 7.08. The standard InChI is InChI=1S/C18H26ClN5O3/c1-17(2,3)24-16(25)15(19)14(10-23-24)26-11-12-4-6-13(7-5-12)18(21,22)27-9-8-20/h4-7,10H,8-9,11,20-22H2,1-3H3. The van der Waals surface area contributed by atoms with E-state index in [2.05, 4.69) is 5.10 Å². The third-order valence-electron chi connectivity index (χ3n) is 3.78. The molecule has 0 unspecified atom stereocenters. The minimum atomic E-state index is -1.41. The van der Waals surface area contributed by atoms with Crippen LogP contribution in [0.1, 0.15) is 31.9 Å². The van der Waals surface area contributed by atoms with E-state index >= 15 is 0 Å². The van der Waals surface area contributed by atoms with E-state index in [-0.39, 0.29) is 24.0 Å². The zero-order valence-corrected chi connectivity index (χ0v) is 16.5. The first kappa shape index (κ1) is 21.3. The van der Waals surface area contributed by atoms with E-state index in [1.54, 1.807) is 24.3 Å². The fourth-order valence-corrected chi connectivity index (χ4v) is 2.51. The molecule has 0 aliphatic rings. The van der Waals surface area contributed by atoms with Gasteiger partial charge in [-0.2, -0.15) is 5.10 Å². The van der Waals surface area contributed by atoms with E-state index in [4.69, 9.17) is 38.3 Å². The van der Waals surface area contributed by atoms with Crippen LogP contribution in [0.25, 0.3) is 0 Å². The quantitative estimate of drug-likeness (QED) is 0.600. The van der Waals surface area contributed by atoms with Gasteiger partial charge in [-0.25, -0.2) is 4.68 Å². The Bertz CT molecular complexity index is 828. The second kappa shape index (κ2) is 8.37. The Balaban J connectivity index is 2.09. The van der Waals surface area contributed by atoms with Crippen LogP contribution in [-0.2, 0) is 22.7 Å². The van der Waals surface area contributed by atoms with E-state index in [9.17, 15) is 4.79 Å². The first-order valence-corrected chi connectivity index (χ1v) is 8.86. The van der Waals surface area contributed by atoms with Gasteiger partial charge in [-0.15, -0.1) is 0 Å². The average molecular weight is 396 g/mol. The summed E-state index contributed by atoms with van der Waals surface area (Å²) in [5.74, 6) is -1.19. The van der Waals surface area contributed by atoms with E-state index in [0.717, 1.165) is 5.56 Å². The van der Waals surface area contributed by atoms with Gasteiger partial charge in [0.1, 0.15) is 6.61 Å². The molecular weight excluding hydrogens is 370 g/mol. The zero-order valence-electron chi connectivity index (χ0n) is 15.7. The highest BCUT2D eigenvalue weighted by Gasteiger charge is 2.22. The Kier molecular flexibility index (Phi) is 6.61. The predicted octanol–water partition coefficient (Wildman–Crippen LogP) is 1.23. The van der Waals surface area contributed by atoms with Gasteiger partial charge >= 0.3 is 0 Å². The number of nitrogens with two attached hydrogens (primary N) is 3. The van der Waals surface area contributed by atoms with Crippen molar-refractivity contribution in [1.82, 2.24) is 9.78 Å². The molecule has 148 valence electrons. The van der Waals surface area contributed by atoms with Crippen molar-refractivity contribution in [2.75, 3.05) is 13.2 Å².